The molecule has 1 unspecified atom stereocenters. The molecular weight excluding hydrogens is 234 g/mol. The van der Waals surface area contributed by atoms with E-state index in [1.165, 1.54) is 12.1 Å². The predicted molar refractivity (Wildman–Crippen MR) is 83.7 cm³/mol. The van der Waals surface area contributed by atoms with Crippen molar-refractivity contribution in [3.63, 3.8) is 0 Å². The molecule has 0 fully saturated rings. The van der Waals surface area contributed by atoms with Crippen molar-refractivity contribution >= 4 is 5.69 Å². The van der Waals surface area contributed by atoms with Gasteiger partial charge in [0.05, 0.1) is 17.6 Å². The van der Waals surface area contributed by atoms with E-state index >= 15 is 0 Å². The number of hydrogen-bond acceptors (Lipinski definition) is 3. The molecule has 1 atom stereocenters. The first kappa shape index (κ1) is 16.0. The lowest BCUT2D eigenvalue weighted by molar-refractivity contribution is 0.558. The van der Waals surface area contributed by atoms with Crippen LogP contribution in [0.15, 0.2) is 18.3 Å². The third kappa shape index (κ3) is 5.60. The number of rotatable bonds is 8. The quantitative estimate of drug-likeness (QED) is 0.776. The van der Waals surface area contributed by atoms with Gasteiger partial charge in [0.15, 0.2) is 0 Å². The van der Waals surface area contributed by atoms with Crippen LogP contribution in [0, 0.1) is 5.92 Å². The van der Waals surface area contributed by atoms with E-state index in [0.717, 1.165) is 31.1 Å². The maximum Gasteiger partial charge on any atom is 0.0572 e. The molecule has 0 saturated heterocycles. The van der Waals surface area contributed by atoms with Gasteiger partial charge in [-0.1, -0.05) is 20.8 Å². The highest BCUT2D eigenvalue weighted by molar-refractivity contribution is 5.43. The number of aromatic nitrogens is 1. The largest absolute Gasteiger partial charge is 0.373 e. The maximum absolute atomic E-state index is 4.58. The normalized spacial score (nSPS) is 12.7. The maximum atomic E-state index is 4.58. The number of nitrogens with one attached hydrogen (secondary N) is 1. The van der Waals surface area contributed by atoms with Crippen LogP contribution in [0.4, 0.5) is 5.69 Å². The summed E-state index contributed by atoms with van der Waals surface area (Å²) in [6.45, 7) is 11.0. The van der Waals surface area contributed by atoms with E-state index in [4.69, 9.17) is 0 Å². The zero-order chi connectivity index (χ0) is 14.3. The molecule has 3 heteroatoms. The van der Waals surface area contributed by atoms with Gasteiger partial charge in [-0.15, -0.1) is 0 Å². The minimum absolute atomic E-state index is 0.329. The predicted octanol–water partition coefficient (Wildman–Crippen LogP) is 3.62. The standard InChI is InChI=1S/C16H29N3/c1-6-10-17-14(4)16-8-7-15(12-18-16)19(5)11-9-13(2)3/h7-8,12-14,17H,6,9-11H2,1-5H3. The molecule has 0 bridgehead atoms. The molecule has 0 radical (unpaired) electrons. The molecule has 0 aromatic carbocycles. The van der Waals surface area contributed by atoms with Crippen molar-refractivity contribution in [1.82, 2.24) is 10.3 Å². The van der Waals surface area contributed by atoms with Gasteiger partial charge < -0.3 is 10.2 Å². The number of nitrogens with zero attached hydrogens (tertiary/aromatic N) is 2. The van der Waals surface area contributed by atoms with Crippen LogP contribution in [0.2, 0.25) is 0 Å². The molecule has 1 aromatic heterocycles. The molecule has 3 nitrogen and oxygen atoms in total. The lowest BCUT2D eigenvalue weighted by atomic mass is 10.1. The molecule has 0 saturated carbocycles. The fourth-order valence-electron chi connectivity index (χ4n) is 1.93. The second-order valence-electron chi connectivity index (χ2n) is 5.72. The minimum Gasteiger partial charge on any atom is -0.373 e. The third-order valence-electron chi connectivity index (χ3n) is 3.40. The molecule has 1 heterocycles. The summed E-state index contributed by atoms with van der Waals surface area (Å²) in [5.41, 5.74) is 2.32. The van der Waals surface area contributed by atoms with Gasteiger partial charge in [-0.05, 0) is 44.4 Å². The summed E-state index contributed by atoms with van der Waals surface area (Å²) in [6.07, 6.45) is 4.35. The number of pyridine rings is 1. The highest BCUT2D eigenvalue weighted by Crippen LogP contribution is 2.16. The van der Waals surface area contributed by atoms with Crippen molar-refractivity contribution in [2.75, 3.05) is 25.0 Å². The van der Waals surface area contributed by atoms with Crippen molar-refractivity contribution in [3.8, 4) is 0 Å². The summed E-state index contributed by atoms with van der Waals surface area (Å²) < 4.78 is 0. The van der Waals surface area contributed by atoms with Crippen molar-refractivity contribution in [2.45, 2.75) is 46.6 Å². The topological polar surface area (TPSA) is 28.2 Å². The van der Waals surface area contributed by atoms with Gasteiger partial charge in [-0.3, -0.25) is 4.98 Å². The number of anilines is 1. The SMILES string of the molecule is CCCNC(C)c1ccc(N(C)CCC(C)C)cn1. The molecule has 1 rings (SSSR count). The molecule has 0 spiro atoms. The zero-order valence-corrected chi connectivity index (χ0v) is 13.1. The van der Waals surface area contributed by atoms with Crippen LogP contribution in [-0.2, 0) is 0 Å². The van der Waals surface area contributed by atoms with E-state index in [2.05, 4.69) is 62.1 Å². The van der Waals surface area contributed by atoms with E-state index in [1.807, 2.05) is 6.20 Å². The summed E-state index contributed by atoms with van der Waals surface area (Å²) in [5.74, 6) is 0.743. The molecular formula is C16H29N3. The van der Waals surface area contributed by atoms with Gasteiger partial charge in [0.2, 0.25) is 0 Å². The van der Waals surface area contributed by atoms with Crippen molar-refractivity contribution in [2.24, 2.45) is 5.92 Å². The molecule has 108 valence electrons. The summed E-state index contributed by atoms with van der Waals surface area (Å²) in [7, 11) is 2.14. The molecule has 0 aliphatic carbocycles. The Morgan fingerprint density at radius 3 is 2.53 bits per heavy atom. The fourth-order valence-corrected chi connectivity index (χ4v) is 1.93. The van der Waals surface area contributed by atoms with E-state index in [1.54, 1.807) is 0 Å². The summed E-state index contributed by atoms with van der Waals surface area (Å²) >= 11 is 0. The Hall–Kier alpha value is -1.09. The summed E-state index contributed by atoms with van der Waals surface area (Å²) in [5, 5.41) is 3.46. The van der Waals surface area contributed by atoms with Gasteiger partial charge in [0.25, 0.3) is 0 Å². The second-order valence-corrected chi connectivity index (χ2v) is 5.72. The molecule has 0 aliphatic heterocycles. The monoisotopic (exact) mass is 263 g/mol. The van der Waals surface area contributed by atoms with E-state index < -0.39 is 0 Å². The van der Waals surface area contributed by atoms with Gasteiger partial charge in [-0.25, -0.2) is 0 Å². The Kier molecular flexibility index (Phi) is 6.85. The first-order valence-corrected chi connectivity index (χ1v) is 7.45. The lowest BCUT2D eigenvalue weighted by Gasteiger charge is -2.21. The van der Waals surface area contributed by atoms with Gasteiger partial charge in [0.1, 0.15) is 0 Å². The first-order valence-electron chi connectivity index (χ1n) is 7.45. The first-order chi connectivity index (χ1) is 9.04. The smallest absolute Gasteiger partial charge is 0.0572 e. The van der Waals surface area contributed by atoms with Crippen LogP contribution < -0.4 is 10.2 Å². The molecule has 19 heavy (non-hydrogen) atoms. The molecule has 1 N–H and O–H groups in total. The zero-order valence-electron chi connectivity index (χ0n) is 13.1. The summed E-state index contributed by atoms with van der Waals surface area (Å²) in [4.78, 5) is 6.85. The van der Waals surface area contributed by atoms with E-state index in [9.17, 15) is 0 Å². The van der Waals surface area contributed by atoms with Gasteiger partial charge in [0, 0.05) is 19.6 Å². The Morgan fingerprint density at radius 2 is 2.00 bits per heavy atom. The Morgan fingerprint density at radius 1 is 1.26 bits per heavy atom. The van der Waals surface area contributed by atoms with Crippen LogP contribution in [0.3, 0.4) is 0 Å². The molecule has 0 amide bonds. The molecule has 0 aliphatic rings. The third-order valence-corrected chi connectivity index (χ3v) is 3.40. The average molecular weight is 263 g/mol. The van der Waals surface area contributed by atoms with Crippen molar-refractivity contribution in [3.05, 3.63) is 24.0 Å². The van der Waals surface area contributed by atoms with Gasteiger partial charge in [-0.2, -0.15) is 0 Å². The van der Waals surface area contributed by atoms with Crippen LogP contribution in [0.5, 0.6) is 0 Å². The average Bonchev–Trinajstić information content (AvgIpc) is 2.42. The van der Waals surface area contributed by atoms with Crippen molar-refractivity contribution in [1.29, 1.82) is 0 Å². The van der Waals surface area contributed by atoms with Crippen molar-refractivity contribution < 1.29 is 0 Å². The van der Waals surface area contributed by atoms with E-state index in [-0.39, 0.29) is 0 Å². The molecule has 1 aromatic rings. The Labute approximate surface area is 118 Å². The van der Waals surface area contributed by atoms with Crippen LogP contribution in [-0.4, -0.2) is 25.1 Å². The minimum atomic E-state index is 0.329. The highest BCUT2D eigenvalue weighted by atomic mass is 15.1. The highest BCUT2D eigenvalue weighted by Gasteiger charge is 2.07. The Balaban J connectivity index is 2.55. The van der Waals surface area contributed by atoms with Gasteiger partial charge >= 0.3 is 0 Å². The van der Waals surface area contributed by atoms with E-state index in [0.29, 0.717) is 6.04 Å². The second kappa shape index (κ2) is 8.16. The lowest BCUT2D eigenvalue weighted by Crippen LogP contribution is -2.22. The van der Waals surface area contributed by atoms with Crippen LogP contribution >= 0.6 is 0 Å². The number of hydrogen-bond donors (Lipinski definition) is 1. The summed E-state index contributed by atoms with van der Waals surface area (Å²) in [6, 6.07) is 4.64. The van der Waals surface area contributed by atoms with Crippen LogP contribution in [0.1, 0.15) is 52.3 Å². The Bertz CT molecular complexity index is 346. The van der Waals surface area contributed by atoms with Crippen LogP contribution in [0.25, 0.3) is 0 Å². The fraction of sp³-hybridized carbons (Fsp3) is 0.688.